The predicted molar refractivity (Wildman–Crippen MR) is 154 cm³/mol. The molecule has 0 fully saturated rings. The third-order valence-electron chi connectivity index (χ3n) is 6.63. The van der Waals surface area contributed by atoms with Crippen LogP contribution in [0.2, 0.25) is 10.0 Å². The normalized spacial score (nSPS) is 17.9. The Morgan fingerprint density at radius 2 is 1.39 bits per heavy atom. The summed E-state index contributed by atoms with van der Waals surface area (Å²) in [4.78, 5) is 0. The monoisotopic (exact) mass is 547 g/mol. The molecule has 0 aliphatic carbocycles. The summed E-state index contributed by atoms with van der Waals surface area (Å²) in [7, 11) is 0. The smallest absolute Gasteiger partial charge is 0.132 e. The number of ether oxygens (including phenoxy) is 3. The van der Waals surface area contributed by atoms with Crippen molar-refractivity contribution in [1.29, 1.82) is 0 Å². The van der Waals surface area contributed by atoms with Crippen molar-refractivity contribution in [3.05, 3.63) is 129 Å². The first-order valence-electron chi connectivity index (χ1n) is 12.7. The summed E-state index contributed by atoms with van der Waals surface area (Å²) >= 11 is 12.4. The van der Waals surface area contributed by atoms with Gasteiger partial charge in [-0.25, -0.2) is 0 Å². The Labute approximate surface area is 234 Å². The molecule has 0 amide bonds. The van der Waals surface area contributed by atoms with Crippen LogP contribution in [0.25, 0.3) is 0 Å². The molecule has 0 aromatic heterocycles. The van der Waals surface area contributed by atoms with E-state index in [4.69, 9.17) is 37.4 Å². The highest BCUT2D eigenvalue weighted by Crippen LogP contribution is 2.45. The third kappa shape index (κ3) is 6.51. The fourth-order valence-corrected chi connectivity index (χ4v) is 5.16. The molecule has 6 heteroatoms. The number of nitrogens with one attached hydrogen (secondary N) is 1. The number of anilines is 1. The molecule has 1 heterocycles. The van der Waals surface area contributed by atoms with Gasteiger partial charge >= 0.3 is 0 Å². The van der Waals surface area contributed by atoms with Crippen molar-refractivity contribution in [3.8, 4) is 5.75 Å². The molecule has 4 aromatic rings. The highest BCUT2D eigenvalue weighted by molar-refractivity contribution is 6.30. The Balaban J connectivity index is 1.42. The Bertz CT molecular complexity index is 1380. The molecular weight excluding hydrogens is 517 g/mol. The summed E-state index contributed by atoms with van der Waals surface area (Å²) < 4.78 is 19.6. The largest absolute Gasteiger partial charge is 0.485 e. The van der Waals surface area contributed by atoms with Crippen LogP contribution in [-0.2, 0) is 29.2 Å². The lowest BCUT2D eigenvalue weighted by molar-refractivity contribution is -0.170. The zero-order valence-electron chi connectivity index (χ0n) is 21.5. The maximum Gasteiger partial charge on any atom is 0.132 e. The minimum atomic E-state index is -0.622. The fourth-order valence-electron chi connectivity index (χ4n) is 4.73. The van der Waals surface area contributed by atoms with Crippen molar-refractivity contribution in [2.45, 2.75) is 51.4 Å². The highest BCUT2D eigenvalue weighted by atomic mass is 35.5. The van der Waals surface area contributed by atoms with Gasteiger partial charge in [-0.05, 0) is 73.0 Å². The van der Waals surface area contributed by atoms with Crippen LogP contribution in [0.15, 0.2) is 97.1 Å². The molecule has 1 aliphatic heterocycles. The van der Waals surface area contributed by atoms with E-state index < -0.39 is 5.60 Å². The van der Waals surface area contributed by atoms with Crippen molar-refractivity contribution in [2.24, 2.45) is 0 Å². The van der Waals surface area contributed by atoms with Gasteiger partial charge in [0.15, 0.2) is 0 Å². The van der Waals surface area contributed by atoms with Crippen LogP contribution in [0.1, 0.15) is 42.2 Å². The molecule has 4 aromatic carbocycles. The average molecular weight is 549 g/mol. The molecule has 0 bridgehead atoms. The molecule has 5 rings (SSSR count). The quantitative estimate of drug-likeness (QED) is 0.227. The van der Waals surface area contributed by atoms with E-state index in [1.165, 1.54) is 0 Å². The first-order chi connectivity index (χ1) is 18.4. The van der Waals surface area contributed by atoms with Crippen LogP contribution in [-0.4, -0.2) is 11.7 Å². The third-order valence-corrected chi connectivity index (χ3v) is 7.10. The number of hydrogen-bond acceptors (Lipinski definition) is 4. The van der Waals surface area contributed by atoms with E-state index in [1.807, 2.05) is 86.6 Å². The minimum absolute atomic E-state index is 0.346. The molecule has 2 atom stereocenters. The van der Waals surface area contributed by atoms with Crippen molar-refractivity contribution >= 4 is 28.9 Å². The van der Waals surface area contributed by atoms with E-state index in [0.29, 0.717) is 24.8 Å². The Kier molecular flexibility index (Phi) is 8.25. The van der Waals surface area contributed by atoms with Gasteiger partial charge in [-0.2, -0.15) is 0 Å². The minimum Gasteiger partial charge on any atom is -0.485 e. The van der Waals surface area contributed by atoms with Gasteiger partial charge in [0.2, 0.25) is 0 Å². The van der Waals surface area contributed by atoms with Crippen LogP contribution in [0.3, 0.4) is 0 Å². The Hall–Kier alpha value is -3.02. The first-order valence-corrected chi connectivity index (χ1v) is 13.5. The molecule has 1 aliphatic rings. The van der Waals surface area contributed by atoms with Gasteiger partial charge in [-0.3, -0.25) is 0 Å². The number of rotatable bonds is 9. The average Bonchev–Trinajstić information content (AvgIpc) is 2.90. The molecule has 1 N–H and O–H groups in total. The van der Waals surface area contributed by atoms with E-state index in [2.05, 4.69) is 29.6 Å². The molecule has 2 unspecified atom stereocenters. The van der Waals surface area contributed by atoms with Gasteiger partial charge in [0.1, 0.15) is 23.6 Å². The van der Waals surface area contributed by atoms with Crippen LogP contribution in [0, 0.1) is 0 Å². The van der Waals surface area contributed by atoms with E-state index in [1.54, 1.807) is 0 Å². The van der Waals surface area contributed by atoms with E-state index in [-0.39, 0.29) is 12.2 Å². The van der Waals surface area contributed by atoms with Gasteiger partial charge in [-0.1, -0.05) is 77.8 Å². The number of benzene rings is 4. The SMILES string of the molecule is CC1(C)Oc2ccc(NCc3cccc(Cl)c3)cc2C(OCc2ccccc2)C1OCc1cccc(Cl)c1. The summed E-state index contributed by atoms with van der Waals surface area (Å²) in [6.07, 6.45) is -0.707. The summed E-state index contributed by atoms with van der Waals surface area (Å²) in [5.74, 6) is 0.795. The second-order valence-electron chi connectivity index (χ2n) is 10.0. The Morgan fingerprint density at radius 1 is 0.737 bits per heavy atom. The molecule has 196 valence electrons. The van der Waals surface area contributed by atoms with Crippen molar-refractivity contribution in [2.75, 3.05) is 5.32 Å². The zero-order valence-corrected chi connectivity index (χ0v) is 23.0. The van der Waals surface area contributed by atoms with Crippen LogP contribution in [0.4, 0.5) is 5.69 Å². The zero-order chi connectivity index (χ0) is 26.5. The molecular formula is C32H31Cl2NO3. The summed E-state index contributed by atoms with van der Waals surface area (Å²) in [5, 5.41) is 4.91. The molecule has 0 spiro atoms. The van der Waals surface area contributed by atoms with Gasteiger partial charge in [0.05, 0.1) is 13.2 Å². The van der Waals surface area contributed by atoms with Gasteiger partial charge in [-0.15, -0.1) is 0 Å². The second-order valence-corrected chi connectivity index (χ2v) is 10.9. The topological polar surface area (TPSA) is 39.7 Å². The molecule has 4 nitrogen and oxygen atoms in total. The lowest BCUT2D eigenvalue weighted by Gasteiger charge is -2.44. The lowest BCUT2D eigenvalue weighted by Crippen LogP contribution is -2.50. The Morgan fingerprint density at radius 3 is 2.13 bits per heavy atom. The predicted octanol–water partition coefficient (Wildman–Crippen LogP) is 8.62. The van der Waals surface area contributed by atoms with Crippen molar-refractivity contribution in [3.63, 3.8) is 0 Å². The lowest BCUT2D eigenvalue weighted by atomic mass is 9.87. The van der Waals surface area contributed by atoms with Gasteiger partial charge < -0.3 is 19.5 Å². The van der Waals surface area contributed by atoms with Crippen molar-refractivity contribution in [1.82, 2.24) is 0 Å². The number of halogens is 2. The second kappa shape index (κ2) is 11.8. The number of fused-ring (bicyclic) bond motifs is 1. The van der Waals surface area contributed by atoms with E-state index in [0.717, 1.165) is 38.7 Å². The van der Waals surface area contributed by atoms with E-state index >= 15 is 0 Å². The van der Waals surface area contributed by atoms with Gasteiger partial charge in [0, 0.05) is 27.8 Å². The maximum absolute atomic E-state index is 6.61. The van der Waals surface area contributed by atoms with Crippen LogP contribution >= 0.6 is 23.2 Å². The molecule has 0 saturated carbocycles. The molecule has 38 heavy (non-hydrogen) atoms. The highest BCUT2D eigenvalue weighted by Gasteiger charge is 2.45. The van der Waals surface area contributed by atoms with Gasteiger partial charge in [0.25, 0.3) is 0 Å². The summed E-state index contributed by atoms with van der Waals surface area (Å²) in [6, 6.07) is 31.9. The molecule has 0 saturated heterocycles. The standard InChI is InChI=1S/C32H31Cl2NO3/c1-32(2)31(37-21-24-11-7-13-26(34)17-24)30(36-20-22-8-4-3-5-9-22)28-18-27(14-15-29(28)38-32)35-19-23-10-6-12-25(33)16-23/h3-18,30-31,35H,19-21H2,1-2H3. The molecule has 0 radical (unpaired) electrons. The van der Waals surface area contributed by atoms with Crippen molar-refractivity contribution < 1.29 is 14.2 Å². The summed E-state index contributed by atoms with van der Waals surface area (Å²) in [5.41, 5.74) is 4.50. The van der Waals surface area contributed by atoms with Crippen LogP contribution < -0.4 is 10.1 Å². The summed E-state index contributed by atoms with van der Waals surface area (Å²) in [6.45, 7) is 5.59. The maximum atomic E-state index is 6.61. The first kappa shape index (κ1) is 26.6. The fraction of sp³-hybridized carbons (Fsp3) is 0.250. The van der Waals surface area contributed by atoms with Crippen LogP contribution in [0.5, 0.6) is 5.75 Å². The van der Waals surface area contributed by atoms with E-state index in [9.17, 15) is 0 Å². The number of hydrogen-bond donors (Lipinski definition) is 1.